The molecule has 0 saturated carbocycles. The Morgan fingerprint density at radius 1 is 0.920 bits per heavy atom. The molecule has 0 fully saturated rings. The Morgan fingerprint density at radius 2 is 1.44 bits per heavy atom. The molecule has 0 unspecified atom stereocenters. The van der Waals surface area contributed by atoms with Crippen LogP contribution in [0.15, 0.2) is 24.3 Å². The molecule has 0 aliphatic carbocycles. The van der Waals surface area contributed by atoms with E-state index in [0.29, 0.717) is 6.07 Å². The Bertz CT molecular complexity index is 802. The predicted molar refractivity (Wildman–Crippen MR) is 69.7 cm³/mol. The largest absolute Gasteiger partial charge is 0.573 e. The number of halogens is 7. The van der Waals surface area contributed by atoms with Crippen LogP contribution in [0.2, 0.25) is 0 Å². The van der Waals surface area contributed by atoms with Gasteiger partial charge in [-0.3, -0.25) is 0 Å². The number of methoxy groups -OCH3 is 1. The van der Waals surface area contributed by atoms with Crippen molar-refractivity contribution in [1.29, 1.82) is 0 Å². The molecule has 25 heavy (non-hydrogen) atoms. The maximum absolute atomic E-state index is 14.2. The van der Waals surface area contributed by atoms with Crippen LogP contribution in [-0.4, -0.2) is 19.4 Å². The zero-order valence-electron chi connectivity index (χ0n) is 12.2. The third kappa shape index (κ3) is 3.52. The second-order valence-electron chi connectivity index (χ2n) is 4.54. The summed E-state index contributed by atoms with van der Waals surface area (Å²) >= 11 is 0. The molecule has 0 bridgehead atoms. The van der Waals surface area contributed by atoms with Gasteiger partial charge in [-0.1, -0.05) is 18.2 Å². The van der Waals surface area contributed by atoms with Crippen molar-refractivity contribution in [3.8, 4) is 16.9 Å². The Kier molecular flexibility index (Phi) is 4.91. The van der Waals surface area contributed by atoms with E-state index in [2.05, 4.69) is 9.47 Å². The fourth-order valence-corrected chi connectivity index (χ4v) is 2.04. The molecule has 134 valence electrons. The number of esters is 1. The number of hydrogen-bond donors (Lipinski definition) is 0. The van der Waals surface area contributed by atoms with E-state index in [1.807, 2.05) is 0 Å². The first-order valence-electron chi connectivity index (χ1n) is 6.37. The van der Waals surface area contributed by atoms with E-state index in [-0.39, 0.29) is 0 Å². The highest BCUT2D eigenvalue weighted by molar-refractivity contribution is 5.91. The van der Waals surface area contributed by atoms with Crippen LogP contribution in [0, 0.1) is 23.3 Å². The summed E-state index contributed by atoms with van der Waals surface area (Å²) in [4.78, 5) is 11.3. The Morgan fingerprint density at radius 3 is 1.92 bits per heavy atom. The maximum Gasteiger partial charge on any atom is 0.573 e. The molecule has 0 aliphatic rings. The number of hydrogen-bond acceptors (Lipinski definition) is 3. The van der Waals surface area contributed by atoms with E-state index >= 15 is 0 Å². The lowest BCUT2D eigenvalue weighted by atomic mass is 10.00. The van der Waals surface area contributed by atoms with Crippen LogP contribution in [0.4, 0.5) is 30.7 Å². The van der Waals surface area contributed by atoms with E-state index < -0.39 is 58.0 Å². The first kappa shape index (κ1) is 18.6. The van der Waals surface area contributed by atoms with Crippen LogP contribution in [0.25, 0.3) is 11.1 Å². The van der Waals surface area contributed by atoms with Crippen molar-refractivity contribution in [2.24, 2.45) is 0 Å². The summed E-state index contributed by atoms with van der Waals surface area (Å²) in [5, 5.41) is 0. The van der Waals surface area contributed by atoms with Crippen molar-refractivity contribution in [3.63, 3.8) is 0 Å². The van der Waals surface area contributed by atoms with Gasteiger partial charge in [-0.15, -0.1) is 13.2 Å². The Balaban J connectivity index is 2.76. The quantitative estimate of drug-likeness (QED) is 0.452. The van der Waals surface area contributed by atoms with Gasteiger partial charge in [0.15, 0.2) is 23.3 Å². The molecule has 0 amide bonds. The minimum Gasteiger partial charge on any atom is -0.465 e. The average Bonchev–Trinajstić information content (AvgIpc) is 2.53. The van der Waals surface area contributed by atoms with Crippen LogP contribution in [0.1, 0.15) is 10.4 Å². The molecule has 0 atom stereocenters. The lowest BCUT2D eigenvalue weighted by molar-refractivity contribution is -0.274. The molecule has 0 saturated heterocycles. The van der Waals surface area contributed by atoms with Crippen molar-refractivity contribution in [1.82, 2.24) is 0 Å². The van der Waals surface area contributed by atoms with Gasteiger partial charge in [0.25, 0.3) is 0 Å². The highest BCUT2D eigenvalue weighted by Gasteiger charge is 2.35. The molecule has 0 spiro atoms. The molecule has 0 aliphatic heterocycles. The van der Waals surface area contributed by atoms with E-state index in [4.69, 9.17) is 0 Å². The number of para-hydroxylation sites is 1. The van der Waals surface area contributed by atoms with Gasteiger partial charge in [0.05, 0.1) is 12.7 Å². The van der Waals surface area contributed by atoms with Crippen LogP contribution in [-0.2, 0) is 4.74 Å². The lowest BCUT2D eigenvalue weighted by Crippen LogP contribution is -2.18. The van der Waals surface area contributed by atoms with Crippen LogP contribution in [0.3, 0.4) is 0 Å². The summed E-state index contributed by atoms with van der Waals surface area (Å²) in [6, 6.07) is 3.59. The van der Waals surface area contributed by atoms with Gasteiger partial charge in [-0.2, -0.15) is 0 Å². The normalized spacial score (nSPS) is 11.4. The molecule has 10 heteroatoms. The molecular weight excluding hydrogens is 361 g/mol. The van der Waals surface area contributed by atoms with Crippen LogP contribution >= 0.6 is 0 Å². The van der Waals surface area contributed by atoms with Gasteiger partial charge in [-0.25, -0.2) is 22.4 Å². The highest BCUT2D eigenvalue weighted by Crippen LogP contribution is 2.39. The van der Waals surface area contributed by atoms with Crippen molar-refractivity contribution in [3.05, 3.63) is 53.1 Å². The smallest absolute Gasteiger partial charge is 0.465 e. The SMILES string of the molecule is COC(=O)c1c(F)c(F)c(-c2ccccc2OC(F)(F)F)c(F)c1F. The fourth-order valence-electron chi connectivity index (χ4n) is 2.04. The number of carbonyl (C=O) groups is 1. The first-order chi connectivity index (χ1) is 11.6. The molecule has 2 aromatic carbocycles. The lowest BCUT2D eigenvalue weighted by Gasteiger charge is -2.15. The van der Waals surface area contributed by atoms with E-state index in [0.717, 1.165) is 25.3 Å². The first-order valence-corrected chi connectivity index (χ1v) is 6.37. The molecule has 2 rings (SSSR count). The van der Waals surface area contributed by atoms with Gasteiger partial charge >= 0.3 is 12.3 Å². The minimum absolute atomic E-state index is 0.700. The third-order valence-electron chi connectivity index (χ3n) is 3.03. The molecule has 0 N–H and O–H groups in total. The minimum atomic E-state index is -5.22. The number of rotatable bonds is 3. The summed E-state index contributed by atoms with van der Waals surface area (Å²) in [5.74, 6) is -11.1. The van der Waals surface area contributed by atoms with Gasteiger partial charge in [-0.05, 0) is 6.07 Å². The monoisotopic (exact) mass is 368 g/mol. The standard InChI is InChI=1S/C15H7F7O3/c1-24-14(23)9-12(18)10(16)8(11(17)13(9)19)6-4-2-3-5-7(6)25-15(20,21)22/h2-5H,1H3. The number of carbonyl (C=O) groups excluding carboxylic acids is 1. The molecule has 3 nitrogen and oxygen atoms in total. The Labute approximate surface area is 135 Å². The summed E-state index contributed by atoms with van der Waals surface area (Å²) in [6.07, 6.45) is -5.22. The zero-order valence-corrected chi connectivity index (χ0v) is 12.2. The fraction of sp³-hybridized carbons (Fsp3) is 0.133. The molecule has 0 heterocycles. The topological polar surface area (TPSA) is 35.5 Å². The van der Waals surface area contributed by atoms with Crippen LogP contribution in [0.5, 0.6) is 5.75 Å². The summed E-state index contributed by atoms with van der Waals surface area (Å²) in [6.45, 7) is 0. The van der Waals surface area contributed by atoms with Crippen molar-refractivity contribution < 1.29 is 45.0 Å². The van der Waals surface area contributed by atoms with Crippen molar-refractivity contribution in [2.45, 2.75) is 6.36 Å². The summed E-state index contributed by atoms with van der Waals surface area (Å²) < 4.78 is 101. The molecular formula is C15H7F7O3. The highest BCUT2D eigenvalue weighted by atomic mass is 19.4. The molecule has 0 aromatic heterocycles. The van der Waals surface area contributed by atoms with E-state index in [1.54, 1.807) is 0 Å². The maximum atomic E-state index is 14.2. The van der Waals surface area contributed by atoms with Gasteiger partial charge in [0.2, 0.25) is 0 Å². The number of benzene rings is 2. The zero-order chi connectivity index (χ0) is 18.9. The molecule has 0 radical (unpaired) electrons. The Hall–Kier alpha value is -2.78. The number of ether oxygens (including phenoxy) is 2. The van der Waals surface area contributed by atoms with Gasteiger partial charge < -0.3 is 9.47 Å². The second kappa shape index (κ2) is 6.61. The summed E-state index contributed by atoms with van der Waals surface area (Å²) in [7, 11) is 0.720. The number of alkyl halides is 3. The molecule has 2 aromatic rings. The van der Waals surface area contributed by atoms with E-state index in [1.165, 1.54) is 0 Å². The van der Waals surface area contributed by atoms with Gasteiger partial charge in [0, 0.05) is 5.56 Å². The van der Waals surface area contributed by atoms with Gasteiger partial charge in [0.1, 0.15) is 11.3 Å². The average molecular weight is 368 g/mol. The van der Waals surface area contributed by atoms with Crippen molar-refractivity contribution >= 4 is 5.97 Å². The van der Waals surface area contributed by atoms with Crippen molar-refractivity contribution in [2.75, 3.05) is 7.11 Å². The third-order valence-corrected chi connectivity index (χ3v) is 3.03. The second-order valence-corrected chi connectivity index (χ2v) is 4.54. The van der Waals surface area contributed by atoms with E-state index in [9.17, 15) is 35.5 Å². The predicted octanol–water partition coefficient (Wildman–Crippen LogP) is 4.60. The van der Waals surface area contributed by atoms with Crippen LogP contribution < -0.4 is 4.74 Å². The summed E-state index contributed by atoms with van der Waals surface area (Å²) in [5.41, 5.74) is -4.00.